The van der Waals surface area contributed by atoms with E-state index in [0.29, 0.717) is 26.4 Å². The van der Waals surface area contributed by atoms with Crippen LogP contribution in [0.5, 0.6) is 0 Å². The van der Waals surface area contributed by atoms with Gasteiger partial charge in [-0.2, -0.15) is 0 Å². The van der Waals surface area contributed by atoms with Crippen molar-refractivity contribution in [2.75, 3.05) is 39.6 Å². The molecule has 2 unspecified atom stereocenters. The molecule has 2 heterocycles. The largest absolute Gasteiger partial charge is 0.508 e. The van der Waals surface area contributed by atoms with Gasteiger partial charge in [-0.05, 0) is 51.1 Å². The minimum Gasteiger partial charge on any atom is -0.430 e. The van der Waals surface area contributed by atoms with E-state index in [0.717, 1.165) is 24.9 Å². The maximum absolute atomic E-state index is 10.8. The maximum atomic E-state index is 10.8. The van der Waals surface area contributed by atoms with Crippen LogP contribution in [0, 0.1) is 0 Å². The lowest BCUT2D eigenvalue weighted by molar-refractivity contribution is -0.126. The lowest BCUT2D eigenvalue weighted by atomic mass is 10.4. The number of hydrogen-bond acceptors (Lipinski definition) is 10. The zero-order valence-corrected chi connectivity index (χ0v) is 20.3. The molecule has 12 heteroatoms. The first-order chi connectivity index (χ1) is 14.2. The average molecular weight is 467 g/mol. The predicted molar refractivity (Wildman–Crippen MR) is 110 cm³/mol. The van der Waals surface area contributed by atoms with Crippen LogP contribution in [0.3, 0.4) is 0 Å². The Bertz CT molecular complexity index is 509. The molecule has 0 aromatic rings. The SMILES string of the molecule is C[Si](C)(CCCOCC1COC(=O)O1)OO[Si](C)(C)CCCOCC1COC(=O)O1. The molecule has 2 aliphatic heterocycles. The van der Waals surface area contributed by atoms with Crippen LogP contribution in [0.15, 0.2) is 0 Å². The minimum absolute atomic E-state index is 0.253. The highest BCUT2D eigenvalue weighted by Crippen LogP contribution is 2.21. The van der Waals surface area contributed by atoms with Gasteiger partial charge in [-0.1, -0.05) is 0 Å². The van der Waals surface area contributed by atoms with E-state index in [1.807, 2.05) is 0 Å². The van der Waals surface area contributed by atoms with Crippen LogP contribution in [0.25, 0.3) is 0 Å². The van der Waals surface area contributed by atoms with Crippen LogP contribution in [0.2, 0.25) is 38.3 Å². The summed E-state index contributed by atoms with van der Waals surface area (Å²) < 4.78 is 42.1. The summed E-state index contributed by atoms with van der Waals surface area (Å²) >= 11 is 0. The summed E-state index contributed by atoms with van der Waals surface area (Å²) in [5, 5.41) is 0. The van der Waals surface area contributed by atoms with Gasteiger partial charge < -0.3 is 28.4 Å². The van der Waals surface area contributed by atoms with Gasteiger partial charge in [0.25, 0.3) is 0 Å². The highest BCUT2D eigenvalue weighted by Gasteiger charge is 2.31. The van der Waals surface area contributed by atoms with E-state index < -0.39 is 28.9 Å². The third-order valence-corrected chi connectivity index (χ3v) is 8.89. The average Bonchev–Trinajstić information content (AvgIpc) is 3.27. The van der Waals surface area contributed by atoms with Crippen LogP contribution in [-0.2, 0) is 37.6 Å². The Labute approximate surface area is 179 Å². The number of cyclic esters (lactones) is 4. The highest BCUT2D eigenvalue weighted by atomic mass is 28.4. The van der Waals surface area contributed by atoms with E-state index in [-0.39, 0.29) is 25.4 Å². The smallest absolute Gasteiger partial charge is 0.430 e. The Morgan fingerprint density at radius 3 is 1.50 bits per heavy atom. The summed E-state index contributed by atoms with van der Waals surface area (Å²) in [7, 11) is -3.91. The van der Waals surface area contributed by atoms with Crippen molar-refractivity contribution in [1.29, 1.82) is 0 Å². The molecule has 0 aliphatic carbocycles. The van der Waals surface area contributed by atoms with Crippen LogP contribution >= 0.6 is 0 Å². The molecule has 2 fully saturated rings. The van der Waals surface area contributed by atoms with Crippen molar-refractivity contribution in [1.82, 2.24) is 0 Å². The molecule has 10 nitrogen and oxygen atoms in total. The Balaban J connectivity index is 1.49. The van der Waals surface area contributed by atoms with Gasteiger partial charge in [0.15, 0.2) is 12.2 Å². The van der Waals surface area contributed by atoms with Crippen molar-refractivity contribution in [3.05, 3.63) is 0 Å². The van der Waals surface area contributed by atoms with E-state index in [1.165, 1.54) is 0 Å². The molecular formula is C18H34O10Si2. The highest BCUT2D eigenvalue weighted by molar-refractivity contribution is 6.73. The van der Waals surface area contributed by atoms with Crippen molar-refractivity contribution in [2.24, 2.45) is 0 Å². The summed E-state index contributed by atoms with van der Waals surface area (Å²) in [5.41, 5.74) is 0. The standard InChI is InChI=1S/C18H34O10Si2/c1-29(2,9-5-7-21-11-15-13-23-17(19)25-15)27-28-30(3,4)10-6-8-22-12-16-14-24-18(20)26-16/h15-16H,5-14H2,1-4H3. The zero-order chi connectivity index (χ0) is 22.0. The van der Waals surface area contributed by atoms with E-state index >= 15 is 0 Å². The van der Waals surface area contributed by atoms with E-state index in [9.17, 15) is 9.59 Å². The molecule has 0 aromatic heterocycles. The summed E-state index contributed by atoms with van der Waals surface area (Å²) in [4.78, 5) is 21.7. The fourth-order valence-electron chi connectivity index (χ4n) is 2.83. The molecule has 0 spiro atoms. The van der Waals surface area contributed by atoms with Crippen molar-refractivity contribution in [3.8, 4) is 0 Å². The first-order valence-electron chi connectivity index (χ1n) is 10.3. The fourth-order valence-corrected chi connectivity index (χ4v) is 6.80. The first kappa shape index (κ1) is 25.1. The molecule has 0 N–H and O–H groups in total. The van der Waals surface area contributed by atoms with Crippen molar-refractivity contribution in [3.63, 3.8) is 0 Å². The topological polar surface area (TPSA) is 108 Å². The van der Waals surface area contributed by atoms with Gasteiger partial charge in [0, 0.05) is 13.2 Å². The first-order valence-corrected chi connectivity index (χ1v) is 16.6. The van der Waals surface area contributed by atoms with E-state index in [4.69, 9.17) is 37.6 Å². The second-order valence-electron chi connectivity index (χ2n) is 8.64. The molecule has 2 saturated heterocycles. The van der Waals surface area contributed by atoms with Crippen LogP contribution < -0.4 is 0 Å². The van der Waals surface area contributed by atoms with Gasteiger partial charge in [0.05, 0.1) is 13.2 Å². The number of hydrogen-bond donors (Lipinski definition) is 0. The number of carbonyl (C=O) groups is 2. The van der Waals surface area contributed by atoms with Gasteiger partial charge in [-0.15, -0.1) is 0 Å². The van der Waals surface area contributed by atoms with Gasteiger partial charge in [0.2, 0.25) is 16.6 Å². The Kier molecular flexibility index (Phi) is 10.0. The van der Waals surface area contributed by atoms with Crippen molar-refractivity contribution >= 4 is 28.9 Å². The second-order valence-corrected chi connectivity index (χ2v) is 17.0. The molecule has 174 valence electrons. The molecule has 30 heavy (non-hydrogen) atoms. The lowest BCUT2D eigenvalue weighted by Gasteiger charge is -2.28. The summed E-state index contributed by atoms with van der Waals surface area (Å²) in [6.07, 6.45) is -0.158. The summed E-state index contributed by atoms with van der Waals surface area (Å²) in [6, 6.07) is 1.81. The molecule has 0 bridgehead atoms. The van der Waals surface area contributed by atoms with Gasteiger partial charge in [0.1, 0.15) is 13.2 Å². The molecule has 2 aliphatic rings. The molecular weight excluding hydrogens is 432 g/mol. The Morgan fingerprint density at radius 1 is 0.767 bits per heavy atom. The number of rotatable bonds is 15. The van der Waals surface area contributed by atoms with Crippen molar-refractivity contribution in [2.45, 2.75) is 63.3 Å². The van der Waals surface area contributed by atoms with Crippen LogP contribution in [0.1, 0.15) is 12.8 Å². The third-order valence-electron chi connectivity index (χ3n) is 4.54. The minimum atomic E-state index is -1.96. The second kappa shape index (κ2) is 12.0. The normalized spacial score (nSPS) is 21.9. The summed E-state index contributed by atoms with van der Waals surface area (Å²) in [5.74, 6) is 0. The molecule has 0 radical (unpaired) electrons. The van der Waals surface area contributed by atoms with E-state index in [2.05, 4.69) is 26.2 Å². The quantitative estimate of drug-likeness (QED) is 0.117. The Morgan fingerprint density at radius 2 is 1.17 bits per heavy atom. The fraction of sp³-hybridized carbons (Fsp3) is 0.889. The molecule has 0 saturated carbocycles. The maximum Gasteiger partial charge on any atom is 0.508 e. The molecule has 2 atom stereocenters. The van der Waals surface area contributed by atoms with Crippen LogP contribution in [-0.4, -0.2) is 80.8 Å². The van der Waals surface area contributed by atoms with Gasteiger partial charge >= 0.3 is 12.3 Å². The zero-order valence-electron chi connectivity index (χ0n) is 18.3. The predicted octanol–water partition coefficient (Wildman–Crippen LogP) is 3.23. The third kappa shape index (κ3) is 10.2. The summed E-state index contributed by atoms with van der Waals surface area (Å²) in [6.45, 7) is 10.9. The lowest BCUT2D eigenvalue weighted by Crippen LogP contribution is -2.39. The van der Waals surface area contributed by atoms with Crippen LogP contribution in [0.4, 0.5) is 9.59 Å². The van der Waals surface area contributed by atoms with E-state index in [1.54, 1.807) is 0 Å². The van der Waals surface area contributed by atoms with Gasteiger partial charge in [-0.25, -0.2) is 9.59 Å². The monoisotopic (exact) mass is 466 g/mol. The van der Waals surface area contributed by atoms with Gasteiger partial charge in [-0.3, -0.25) is 9.15 Å². The number of ether oxygens (including phenoxy) is 6. The molecule has 0 aromatic carbocycles. The molecule has 2 rings (SSSR count). The van der Waals surface area contributed by atoms with Crippen molar-refractivity contribution < 1.29 is 47.2 Å². The molecule has 0 amide bonds. The number of carbonyl (C=O) groups excluding carboxylic acids is 2. The Hall–Kier alpha value is -1.19.